The molecule has 4 nitrogen and oxygen atoms in total. The van der Waals surface area contributed by atoms with Gasteiger partial charge in [0.2, 0.25) is 10.4 Å². The van der Waals surface area contributed by atoms with E-state index < -0.39 is 10.4 Å². The van der Waals surface area contributed by atoms with Crippen LogP contribution in [0, 0.1) is 5.92 Å². The zero-order valence-corrected chi connectivity index (χ0v) is 31.5. The maximum absolute atomic E-state index is 11.0. The monoisotopic (exact) mass is 622 g/mol. The molecule has 0 saturated carbocycles. The Morgan fingerprint density at radius 2 is 0.833 bits per heavy atom. The predicted molar refractivity (Wildman–Crippen MR) is 178 cm³/mol. The molecule has 0 amide bonds. The maximum atomic E-state index is 11.0. The summed E-state index contributed by atoms with van der Waals surface area (Å²) < 4.78 is 37.5. The van der Waals surface area contributed by atoms with E-state index in [0.29, 0.717) is 0 Å². The van der Waals surface area contributed by atoms with Gasteiger partial charge in [-0.15, -0.1) is 0 Å². The molecule has 0 bridgehead atoms. The standard InChI is InChI=1S/C36H72O4S.Na/c1-3-5-7-9-11-13-15-17-19-20-22-24-26-28-30-32-34-36(35-40-41(37,38)39)33-31-29-27-25-23-21-18-16-14-12-10-8-6-4-2;/h31,33,36H,3-30,32,34-35H2,1-2H3,(H,37,38,39);/q;+1/p-1/b33-31+;. The quantitative estimate of drug-likeness (QED) is 0.0236. The number of unbranched alkanes of at least 4 members (excludes halogenated alkanes) is 27. The third-order valence-corrected chi connectivity index (χ3v) is 8.91. The first kappa shape index (κ1) is 44.7. The first-order valence-electron chi connectivity index (χ1n) is 18.3. The zero-order chi connectivity index (χ0) is 30.1. The van der Waals surface area contributed by atoms with Gasteiger partial charge in [-0.05, 0) is 19.3 Å². The summed E-state index contributed by atoms with van der Waals surface area (Å²) in [6.45, 7) is 4.53. The van der Waals surface area contributed by atoms with Crippen LogP contribution in [0.4, 0.5) is 0 Å². The second-order valence-corrected chi connectivity index (χ2v) is 13.7. The van der Waals surface area contributed by atoms with Crippen molar-refractivity contribution >= 4 is 10.4 Å². The molecule has 0 heterocycles. The van der Waals surface area contributed by atoms with Crippen molar-refractivity contribution in [3.8, 4) is 0 Å². The third kappa shape index (κ3) is 38.6. The van der Waals surface area contributed by atoms with Crippen molar-refractivity contribution in [3.05, 3.63) is 12.2 Å². The first-order chi connectivity index (χ1) is 20.0. The Labute approximate surface area is 286 Å². The summed E-state index contributed by atoms with van der Waals surface area (Å²) in [6, 6.07) is 0. The second-order valence-electron chi connectivity index (χ2n) is 12.7. The molecule has 0 aliphatic carbocycles. The molecular formula is C36H71NaO4S. The van der Waals surface area contributed by atoms with E-state index in [0.717, 1.165) is 19.3 Å². The summed E-state index contributed by atoms with van der Waals surface area (Å²) in [4.78, 5) is 0. The van der Waals surface area contributed by atoms with Gasteiger partial charge in [0.15, 0.2) is 0 Å². The molecule has 0 saturated heterocycles. The van der Waals surface area contributed by atoms with E-state index in [2.05, 4.69) is 30.2 Å². The van der Waals surface area contributed by atoms with Crippen molar-refractivity contribution in [2.75, 3.05) is 6.61 Å². The molecule has 0 aromatic rings. The SMILES string of the molecule is CCCCCCCCCCCCCC/C=C/C(CCCCCCCCCCCCCCCCCC)COS(=O)(=O)[O-].[Na+]. The molecule has 42 heavy (non-hydrogen) atoms. The van der Waals surface area contributed by atoms with Crippen LogP contribution >= 0.6 is 0 Å². The molecule has 0 aliphatic heterocycles. The maximum Gasteiger partial charge on any atom is 1.00 e. The summed E-state index contributed by atoms with van der Waals surface area (Å²) in [5.41, 5.74) is 0. The number of rotatable bonds is 34. The average molecular weight is 623 g/mol. The molecular weight excluding hydrogens is 551 g/mol. The third-order valence-electron chi connectivity index (χ3n) is 8.49. The predicted octanol–water partition coefficient (Wildman–Crippen LogP) is 9.38. The van der Waals surface area contributed by atoms with Gasteiger partial charge in [0.1, 0.15) is 0 Å². The van der Waals surface area contributed by atoms with Crippen LogP contribution in [-0.4, -0.2) is 19.6 Å². The van der Waals surface area contributed by atoms with Crippen LogP contribution in [-0.2, 0) is 14.6 Å². The van der Waals surface area contributed by atoms with E-state index in [1.807, 2.05) is 0 Å². The molecule has 0 rings (SSSR count). The summed E-state index contributed by atoms with van der Waals surface area (Å²) in [7, 11) is -4.62. The van der Waals surface area contributed by atoms with Gasteiger partial charge in [0.05, 0.1) is 6.61 Å². The fourth-order valence-corrected chi connectivity index (χ4v) is 6.09. The minimum absolute atomic E-state index is 0. The zero-order valence-electron chi connectivity index (χ0n) is 28.7. The van der Waals surface area contributed by atoms with E-state index in [1.54, 1.807) is 0 Å². The Hall–Kier alpha value is 0.610. The molecule has 1 unspecified atom stereocenters. The van der Waals surface area contributed by atoms with Crippen LogP contribution < -0.4 is 29.6 Å². The molecule has 0 aromatic heterocycles. The second kappa shape index (κ2) is 36.1. The van der Waals surface area contributed by atoms with Crippen molar-refractivity contribution < 1.29 is 46.7 Å². The van der Waals surface area contributed by atoms with E-state index in [-0.39, 0.29) is 42.1 Å². The van der Waals surface area contributed by atoms with Crippen LogP contribution in [0.1, 0.15) is 206 Å². The van der Waals surface area contributed by atoms with E-state index >= 15 is 0 Å². The van der Waals surface area contributed by atoms with Crippen LogP contribution in [0.3, 0.4) is 0 Å². The number of hydrogen-bond donors (Lipinski definition) is 0. The van der Waals surface area contributed by atoms with Crippen molar-refractivity contribution in [1.82, 2.24) is 0 Å². The smallest absolute Gasteiger partial charge is 0.726 e. The van der Waals surface area contributed by atoms with Crippen molar-refractivity contribution in [3.63, 3.8) is 0 Å². The Morgan fingerprint density at radius 1 is 0.524 bits per heavy atom. The molecule has 0 spiro atoms. The summed E-state index contributed by atoms with van der Waals surface area (Å²) in [5.74, 6) is 0.0164. The van der Waals surface area contributed by atoms with E-state index in [4.69, 9.17) is 0 Å². The molecule has 0 fully saturated rings. The van der Waals surface area contributed by atoms with Gasteiger partial charge in [-0.2, -0.15) is 0 Å². The van der Waals surface area contributed by atoms with Crippen LogP contribution in [0.15, 0.2) is 12.2 Å². The van der Waals surface area contributed by atoms with Gasteiger partial charge >= 0.3 is 29.6 Å². The fourth-order valence-electron chi connectivity index (χ4n) is 5.75. The molecule has 0 N–H and O–H groups in total. The van der Waals surface area contributed by atoms with Gasteiger partial charge in [-0.3, -0.25) is 4.18 Å². The normalized spacial score (nSPS) is 12.6. The topological polar surface area (TPSA) is 66.4 Å². The Kier molecular flexibility index (Phi) is 38.4. The molecule has 0 aliphatic rings. The number of allylic oxidation sites excluding steroid dienone is 1. The van der Waals surface area contributed by atoms with Crippen molar-refractivity contribution in [2.24, 2.45) is 5.92 Å². The fraction of sp³-hybridized carbons (Fsp3) is 0.944. The average Bonchev–Trinajstić information content (AvgIpc) is 2.94. The van der Waals surface area contributed by atoms with Crippen LogP contribution in [0.5, 0.6) is 0 Å². The Bertz CT molecular complexity index is 638. The van der Waals surface area contributed by atoms with E-state index in [9.17, 15) is 13.0 Å². The first-order valence-corrected chi connectivity index (χ1v) is 19.6. The molecule has 6 heteroatoms. The van der Waals surface area contributed by atoms with Crippen LogP contribution in [0.2, 0.25) is 0 Å². The minimum atomic E-state index is -4.62. The Balaban J connectivity index is 0. The summed E-state index contributed by atoms with van der Waals surface area (Å²) in [6.07, 6.45) is 43.8. The molecule has 1 atom stereocenters. The van der Waals surface area contributed by atoms with Gasteiger partial charge in [-0.1, -0.05) is 199 Å². The molecule has 0 radical (unpaired) electrons. The van der Waals surface area contributed by atoms with Gasteiger partial charge in [0, 0.05) is 5.92 Å². The summed E-state index contributed by atoms with van der Waals surface area (Å²) >= 11 is 0. The minimum Gasteiger partial charge on any atom is -0.726 e. The molecule has 0 aromatic carbocycles. The van der Waals surface area contributed by atoms with Gasteiger partial charge < -0.3 is 4.55 Å². The van der Waals surface area contributed by atoms with Crippen LogP contribution in [0.25, 0.3) is 0 Å². The Morgan fingerprint density at radius 3 is 1.17 bits per heavy atom. The summed E-state index contributed by atoms with van der Waals surface area (Å²) in [5, 5.41) is 0. The van der Waals surface area contributed by atoms with Crippen molar-refractivity contribution in [1.29, 1.82) is 0 Å². The molecule has 246 valence electrons. The van der Waals surface area contributed by atoms with Crippen molar-refractivity contribution in [2.45, 2.75) is 206 Å². The van der Waals surface area contributed by atoms with Gasteiger partial charge in [-0.25, -0.2) is 8.42 Å². The largest absolute Gasteiger partial charge is 1.00 e. The number of hydrogen-bond acceptors (Lipinski definition) is 4. The van der Waals surface area contributed by atoms with E-state index in [1.165, 1.54) is 173 Å². The van der Waals surface area contributed by atoms with Gasteiger partial charge in [0.25, 0.3) is 0 Å².